The van der Waals surface area contributed by atoms with E-state index in [1.54, 1.807) is 22.9 Å². The summed E-state index contributed by atoms with van der Waals surface area (Å²) in [5, 5.41) is 74.8. The lowest BCUT2D eigenvalue weighted by Crippen LogP contribution is -2.64. The highest BCUT2D eigenvalue weighted by Gasteiger charge is 2.54. The minimum absolute atomic E-state index is 0.0307. The average molecular weight is 991 g/mol. The number of fused-ring (bicyclic) bond motifs is 1. The zero-order valence-electron chi connectivity index (χ0n) is 40.6. The molecule has 2 saturated carbocycles. The molecule has 19 nitrogen and oxygen atoms in total. The van der Waals surface area contributed by atoms with E-state index in [-0.39, 0.29) is 36.5 Å². The van der Waals surface area contributed by atoms with Crippen molar-refractivity contribution >= 4 is 28.6 Å². The van der Waals surface area contributed by atoms with E-state index in [2.05, 4.69) is 46.1 Å². The summed E-state index contributed by atoms with van der Waals surface area (Å²) < 4.78 is 41.5. The quantitative estimate of drug-likeness (QED) is 0.0538. The Labute approximate surface area is 412 Å². The number of carbonyl (C=O) groups excluding carboxylic acids is 2. The predicted octanol–water partition coefficient (Wildman–Crippen LogP) is 4.09. The molecule has 15 atom stereocenters. The number of esters is 1. The maximum Gasteiger partial charge on any atom is 0.338 e. The summed E-state index contributed by atoms with van der Waals surface area (Å²) in [5.74, 6) is -3.12. The van der Waals surface area contributed by atoms with Gasteiger partial charge in [-0.1, -0.05) is 74.1 Å². The third-order valence-corrected chi connectivity index (χ3v) is 14.8. The number of Topliss-reactive ketones (excluding diaryl/α,β-unsaturated/α-hetero) is 1. The second-order valence-electron chi connectivity index (χ2n) is 20.1. The fourth-order valence-electron chi connectivity index (χ4n) is 10.8. The molecule has 4 fully saturated rings. The number of hydrogen-bond acceptors (Lipinski definition) is 16. The molecular formula is C52H70N4O15. The van der Waals surface area contributed by atoms with E-state index in [0.29, 0.717) is 32.4 Å². The first-order valence-electron chi connectivity index (χ1n) is 25.2. The molecule has 4 aliphatic rings. The number of aliphatic hydroxyl groups excluding tert-OH is 5. The van der Waals surface area contributed by atoms with E-state index >= 15 is 0 Å². The zero-order valence-corrected chi connectivity index (χ0v) is 40.6. The number of carboxylic acids is 1. The van der Waals surface area contributed by atoms with Crippen molar-refractivity contribution in [3.63, 3.8) is 0 Å². The number of carboxylic acid groups (broad SMARTS) is 1. The van der Waals surface area contributed by atoms with Crippen molar-refractivity contribution in [3.8, 4) is 0 Å². The maximum absolute atomic E-state index is 14.2. The summed E-state index contributed by atoms with van der Waals surface area (Å²) in [5.41, 5.74) is 3.23. The molecule has 0 radical (unpaired) electrons. The Hall–Kier alpha value is -4.67. The lowest BCUT2D eigenvalue weighted by atomic mass is 9.75. The van der Waals surface area contributed by atoms with Crippen molar-refractivity contribution in [2.75, 3.05) is 6.61 Å². The van der Waals surface area contributed by atoms with Crippen LogP contribution in [0.2, 0.25) is 0 Å². The van der Waals surface area contributed by atoms with Gasteiger partial charge in [0.15, 0.2) is 24.8 Å². The van der Waals surface area contributed by atoms with Crippen molar-refractivity contribution < 1.29 is 73.4 Å². The van der Waals surface area contributed by atoms with Crippen LogP contribution in [0.3, 0.4) is 0 Å². The highest BCUT2D eigenvalue weighted by Crippen LogP contribution is 2.40. The lowest BCUT2D eigenvalue weighted by molar-refractivity contribution is -0.349. The molecule has 4 aromatic rings. The molecule has 6 N–H and O–H groups in total. The predicted molar refractivity (Wildman–Crippen MR) is 254 cm³/mol. The maximum atomic E-state index is 14.2. The average Bonchev–Trinajstić information content (AvgIpc) is 3.99. The molecule has 71 heavy (non-hydrogen) atoms. The van der Waals surface area contributed by atoms with Crippen LogP contribution in [-0.2, 0) is 51.1 Å². The Kier molecular flexibility index (Phi) is 17.7. The van der Waals surface area contributed by atoms with Crippen molar-refractivity contribution in [2.45, 2.75) is 184 Å². The van der Waals surface area contributed by atoms with Gasteiger partial charge in [-0.2, -0.15) is 0 Å². The van der Waals surface area contributed by atoms with Gasteiger partial charge in [0.05, 0.1) is 42.4 Å². The Bertz CT molecular complexity index is 2370. The van der Waals surface area contributed by atoms with Crippen molar-refractivity contribution in [3.05, 3.63) is 83.8 Å². The monoisotopic (exact) mass is 990 g/mol. The smallest absolute Gasteiger partial charge is 0.338 e. The second kappa shape index (κ2) is 23.9. The summed E-state index contributed by atoms with van der Waals surface area (Å²) in [6.45, 7) is 5.18. The first kappa shape index (κ1) is 52.6. The largest absolute Gasteiger partial charge is 0.479 e. The van der Waals surface area contributed by atoms with Gasteiger partial charge in [-0.3, -0.25) is 4.79 Å². The fourth-order valence-corrected chi connectivity index (χ4v) is 10.8. The van der Waals surface area contributed by atoms with E-state index < -0.39 is 110 Å². The Morgan fingerprint density at radius 3 is 2.37 bits per heavy atom. The number of unbranched alkanes of at least 4 members (excludes halogenated alkanes) is 1. The van der Waals surface area contributed by atoms with Crippen LogP contribution in [0, 0.1) is 24.7 Å². The summed E-state index contributed by atoms with van der Waals surface area (Å²) >= 11 is 0. The van der Waals surface area contributed by atoms with Crippen molar-refractivity contribution in [2.24, 2.45) is 17.8 Å². The number of aryl methyl sites for hydroxylation is 2. The van der Waals surface area contributed by atoms with Crippen molar-refractivity contribution in [1.29, 1.82) is 0 Å². The highest BCUT2D eigenvalue weighted by atomic mass is 16.7. The van der Waals surface area contributed by atoms with Gasteiger partial charge in [0.25, 0.3) is 0 Å². The van der Waals surface area contributed by atoms with Crippen LogP contribution in [-0.4, -0.2) is 154 Å². The van der Waals surface area contributed by atoms with Gasteiger partial charge in [0.1, 0.15) is 49.1 Å². The molecule has 8 rings (SSSR count). The van der Waals surface area contributed by atoms with Gasteiger partial charge >= 0.3 is 11.9 Å². The Morgan fingerprint density at radius 1 is 0.845 bits per heavy atom. The van der Waals surface area contributed by atoms with Crippen molar-refractivity contribution in [1.82, 2.24) is 19.6 Å². The summed E-state index contributed by atoms with van der Waals surface area (Å²) in [4.78, 5) is 40.9. The first-order chi connectivity index (χ1) is 34.2. The molecule has 0 spiro atoms. The molecule has 0 amide bonds. The number of aliphatic carboxylic acids is 1. The minimum Gasteiger partial charge on any atom is -0.479 e. The van der Waals surface area contributed by atoms with Gasteiger partial charge in [0.2, 0.25) is 0 Å². The van der Waals surface area contributed by atoms with E-state index in [9.17, 15) is 45.0 Å². The SMILES string of the molecule is Cc1ccc2c(ccn2Cn2cc(CCCCC(=O)C3CC(C)[C@@H](O[C@@H]4OC(C)[C@@H](O)[C@H](O)C4O)[C@H](O[C@@H]4O[C@@H](CO)[C@H](O)C(O[C@@H](CC5CCCCC5)C(=O)O)C4OC(=O)c4ccccc4)C3)nn2)c1. The molecule has 2 aliphatic heterocycles. The summed E-state index contributed by atoms with van der Waals surface area (Å²) in [7, 11) is 0. The van der Waals surface area contributed by atoms with Crippen LogP contribution in [0.15, 0.2) is 67.0 Å². The van der Waals surface area contributed by atoms with E-state index in [1.165, 1.54) is 24.6 Å². The second-order valence-corrected chi connectivity index (χ2v) is 20.1. The van der Waals surface area contributed by atoms with Crippen LogP contribution in [0.5, 0.6) is 0 Å². The van der Waals surface area contributed by atoms with E-state index in [4.69, 9.17) is 28.4 Å². The molecule has 2 aliphatic carbocycles. The molecule has 2 saturated heterocycles. The summed E-state index contributed by atoms with van der Waals surface area (Å²) in [6, 6.07) is 16.4. The van der Waals surface area contributed by atoms with Crippen LogP contribution in [0.4, 0.5) is 0 Å². The number of aromatic nitrogens is 4. The number of ketones is 1. The van der Waals surface area contributed by atoms with Crippen LogP contribution in [0.1, 0.15) is 106 Å². The highest BCUT2D eigenvalue weighted by molar-refractivity contribution is 5.89. The van der Waals surface area contributed by atoms with Gasteiger partial charge < -0.3 is 63.6 Å². The standard InChI is InChI=1S/C52H70N4O15/c1-29-18-19-37-34(22-29)20-21-55(37)28-56-26-36(53-54-56)16-10-11-17-38(58)35-23-30(2)46(71-51-45(62)44(61)42(59)31(3)66-51)39(25-35)68-52-48(70-50(65)33-14-8-5-9-15-33)47(43(60)41(27-57)69-52)67-40(49(63)64)24-32-12-6-4-7-13-32/h5,8-9,14-15,18-22,26,30-32,35,39-48,51-52,57,59-62H,4,6-7,10-13,16-17,23-25,27-28H2,1-3H3,(H,63,64)/t30?,31?,35?,39-,40+,41+,42-,43+,44+,45?,46-,47?,48?,51+,52-/m1/s1. The molecule has 388 valence electrons. The van der Waals surface area contributed by atoms with Gasteiger partial charge in [-0.25, -0.2) is 14.3 Å². The number of aliphatic hydroxyl groups is 5. The summed E-state index contributed by atoms with van der Waals surface area (Å²) in [6.07, 6.45) is -7.23. The van der Waals surface area contributed by atoms with Gasteiger partial charge in [-0.05, 0) is 99.9 Å². The number of ether oxygens (including phenoxy) is 6. The molecule has 6 unspecified atom stereocenters. The van der Waals surface area contributed by atoms with Gasteiger partial charge in [-0.15, -0.1) is 5.10 Å². The third-order valence-electron chi connectivity index (χ3n) is 14.8. The normalized spacial score (nSPS) is 32.1. The molecule has 0 bridgehead atoms. The number of benzene rings is 2. The van der Waals surface area contributed by atoms with Crippen LogP contribution in [0.25, 0.3) is 10.9 Å². The van der Waals surface area contributed by atoms with Crippen LogP contribution >= 0.6 is 0 Å². The van der Waals surface area contributed by atoms with Crippen LogP contribution < -0.4 is 0 Å². The van der Waals surface area contributed by atoms with E-state index in [1.807, 2.05) is 19.3 Å². The Balaban J connectivity index is 1.00. The number of rotatable bonds is 20. The zero-order chi connectivity index (χ0) is 50.3. The molecule has 19 heteroatoms. The molecule has 2 aromatic carbocycles. The third kappa shape index (κ3) is 12.8. The number of hydrogen-bond donors (Lipinski definition) is 6. The topological polar surface area (TPSA) is 264 Å². The van der Waals surface area contributed by atoms with E-state index in [0.717, 1.165) is 48.7 Å². The Morgan fingerprint density at radius 2 is 1.62 bits per heavy atom. The lowest BCUT2D eigenvalue weighted by Gasteiger charge is -2.48. The number of carbonyl (C=O) groups is 3. The minimum atomic E-state index is -1.68. The fraction of sp³-hybridized carbons (Fsp3) is 0.635. The number of nitrogens with zero attached hydrogens (tertiary/aromatic N) is 4. The first-order valence-corrected chi connectivity index (χ1v) is 25.2. The van der Waals surface area contributed by atoms with Gasteiger partial charge in [0, 0.05) is 24.1 Å². The molecule has 4 heterocycles. The molecular weight excluding hydrogens is 921 g/mol. The molecule has 2 aromatic heterocycles.